The first kappa shape index (κ1) is 31.4. The zero-order valence-electron chi connectivity index (χ0n) is 23.0. The third kappa shape index (κ3) is 5.84. The normalized spacial score (nSPS) is 13.8. The predicted molar refractivity (Wildman–Crippen MR) is 148 cm³/mol. The van der Waals surface area contributed by atoms with Crippen LogP contribution in [0.1, 0.15) is 26.3 Å². The Labute approximate surface area is 238 Å². The molecule has 42 heavy (non-hydrogen) atoms. The van der Waals surface area contributed by atoms with Crippen molar-refractivity contribution in [2.45, 2.75) is 39.1 Å². The molecule has 0 N–H and O–H groups in total. The third-order valence-corrected chi connectivity index (χ3v) is 9.11. The van der Waals surface area contributed by atoms with Crippen molar-refractivity contribution in [3.8, 4) is 0 Å². The summed E-state index contributed by atoms with van der Waals surface area (Å²) in [5.41, 5.74) is -6.13. The molecule has 0 aromatic heterocycles. The summed E-state index contributed by atoms with van der Waals surface area (Å²) in [5.74, 6) is -1.37. The van der Waals surface area contributed by atoms with E-state index in [4.69, 9.17) is 4.74 Å². The smallest absolute Gasteiger partial charge is 0.456 e. The highest BCUT2D eigenvalue weighted by Gasteiger charge is 2.57. The highest BCUT2D eigenvalue weighted by atomic mass is 32.2. The molecule has 226 valence electrons. The average Bonchev–Trinajstić information content (AvgIpc) is 2.93. The van der Waals surface area contributed by atoms with E-state index < -0.39 is 43.9 Å². The maximum Gasteiger partial charge on any atom is 0.516 e. The Morgan fingerprint density at radius 1 is 0.881 bits per heavy atom. The van der Waals surface area contributed by atoms with Gasteiger partial charge in [-0.05, 0) is 53.1 Å². The fourth-order valence-electron chi connectivity index (χ4n) is 5.20. The van der Waals surface area contributed by atoms with Gasteiger partial charge in [-0.25, -0.2) is 4.79 Å². The van der Waals surface area contributed by atoms with E-state index in [1.807, 2.05) is 26.0 Å². The van der Waals surface area contributed by atoms with Crippen LogP contribution >= 0.6 is 0 Å². The summed E-state index contributed by atoms with van der Waals surface area (Å²) in [5, 5.41) is 6.73. The molecule has 4 aromatic rings. The molecule has 6 nitrogen and oxygen atoms in total. The van der Waals surface area contributed by atoms with Crippen molar-refractivity contribution in [3.63, 3.8) is 0 Å². The molecule has 0 saturated carbocycles. The summed E-state index contributed by atoms with van der Waals surface area (Å²) in [6.07, 6.45) is -6.37. The molecule has 0 saturated heterocycles. The van der Waals surface area contributed by atoms with E-state index >= 15 is 0 Å². The lowest BCUT2D eigenvalue weighted by atomic mass is 9.91. The molecule has 0 radical (unpaired) electrons. The van der Waals surface area contributed by atoms with E-state index in [1.165, 1.54) is 0 Å². The van der Waals surface area contributed by atoms with Crippen molar-refractivity contribution in [1.82, 2.24) is 4.31 Å². The van der Waals surface area contributed by atoms with Crippen LogP contribution in [0, 0.1) is 0 Å². The molecule has 0 fully saturated rings. The largest absolute Gasteiger partial charge is 0.516 e. The highest BCUT2D eigenvalue weighted by Crippen LogP contribution is 2.37. The molecule has 0 unspecified atom stereocenters. The summed E-state index contributed by atoms with van der Waals surface area (Å²) in [7, 11) is -6.83. The Hall–Kier alpha value is -3.58. The molecule has 0 amide bonds. The number of rotatable bonds is 10. The van der Waals surface area contributed by atoms with Crippen LogP contribution in [0.25, 0.3) is 32.3 Å². The molecular formula is C29H29F6N2O4S+. The van der Waals surface area contributed by atoms with Crippen molar-refractivity contribution in [1.29, 1.82) is 0 Å². The van der Waals surface area contributed by atoms with Crippen LogP contribution in [0.15, 0.2) is 66.4 Å². The Bertz CT molecular complexity index is 1730. The summed E-state index contributed by atoms with van der Waals surface area (Å²) in [4.78, 5) is 12.4. The van der Waals surface area contributed by atoms with E-state index in [9.17, 15) is 39.6 Å². The van der Waals surface area contributed by atoms with Gasteiger partial charge in [0, 0.05) is 11.8 Å². The van der Waals surface area contributed by atoms with Crippen LogP contribution in [-0.4, -0.2) is 61.2 Å². The van der Waals surface area contributed by atoms with E-state index in [1.54, 1.807) is 0 Å². The SMILES string of the molecule is CC[N+](CC)(CCOC(=O)C(C)=CN(C(F)(F)F)S(=O)(=O)C(F)(F)F)Cc1ccc2ccc3cccc4ccc1c2c34. The van der Waals surface area contributed by atoms with E-state index in [2.05, 4.69) is 42.5 Å². The van der Waals surface area contributed by atoms with Gasteiger partial charge in [-0.3, -0.25) is 0 Å². The standard InChI is InChI=1S/C29H29F6N2O4S/c1-4-37(5-2,15-16-41-27(38)19(3)17-36(28(30,31)32)42(39,40)29(33,34)35)18-23-12-11-22-10-9-20-7-6-8-21-13-14-24(23)26(22)25(20)21/h6-14,17H,4-5,15-16,18H2,1-3H3/q+1. The molecular weight excluding hydrogens is 586 g/mol. The zero-order valence-corrected chi connectivity index (χ0v) is 23.8. The van der Waals surface area contributed by atoms with Crippen molar-refractivity contribution < 1.29 is 48.8 Å². The number of hydrogen-bond acceptors (Lipinski definition) is 4. The van der Waals surface area contributed by atoms with Gasteiger partial charge in [0.25, 0.3) is 0 Å². The molecule has 13 heteroatoms. The molecule has 4 aromatic carbocycles. The number of sulfonamides is 1. The Kier molecular flexibility index (Phi) is 8.40. The molecule has 0 aliphatic carbocycles. The van der Waals surface area contributed by atoms with Gasteiger partial charge in [-0.15, -0.1) is 13.2 Å². The lowest BCUT2D eigenvalue weighted by Crippen LogP contribution is -2.49. The molecule has 0 aliphatic rings. The second-order valence-corrected chi connectivity index (χ2v) is 11.9. The monoisotopic (exact) mass is 615 g/mol. The minimum atomic E-state index is -6.83. The average molecular weight is 616 g/mol. The highest BCUT2D eigenvalue weighted by molar-refractivity contribution is 7.90. The number of alkyl halides is 6. The van der Waals surface area contributed by atoms with Crippen molar-refractivity contribution in [2.75, 3.05) is 26.2 Å². The Balaban J connectivity index is 1.55. The number of ether oxygens (including phenoxy) is 1. The van der Waals surface area contributed by atoms with Crippen LogP contribution in [0.4, 0.5) is 26.3 Å². The maximum atomic E-state index is 13.2. The van der Waals surface area contributed by atoms with Gasteiger partial charge in [-0.2, -0.15) is 25.9 Å². The van der Waals surface area contributed by atoms with Crippen LogP contribution in [0.2, 0.25) is 0 Å². The summed E-state index contributed by atoms with van der Waals surface area (Å²) < 4.78 is 104. The number of likely N-dealkylation sites (N-methyl/N-ethyl adjacent to an activating group) is 1. The number of esters is 1. The van der Waals surface area contributed by atoms with Crippen LogP contribution < -0.4 is 0 Å². The lowest BCUT2D eigenvalue weighted by molar-refractivity contribution is -0.937. The Morgan fingerprint density at radius 3 is 1.98 bits per heavy atom. The summed E-state index contributed by atoms with van der Waals surface area (Å²) >= 11 is 0. The fraction of sp³-hybridized carbons (Fsp3) is 0.345. The minimum absolute atomic E-state index is 0.254. The topological polar surface area (TPSA) is 63.7 Å². The van der Waals surface area contributed by atoms with Crippen LogP contribution in [-0.2, 0) is 26.1 Å². The number of halogens is 6. The molecule has 0 spiro atoms. The van der Waals surface area contributed by atoms with Gasteiger partial charge in [0.15, 0.2) is 0 Å². The number of carbonyl (C=O) groups is 1. The van der Waals surface area contributed by atoms with Crippen molar-refractivity contribution in [3.05, 3.63) is 71.9 Å². The first-order valence-electron chi connectivity index (χ1n) is 13.1. The molecule has 0 heterocycles. The number of quaternary nitrogens is 1. The number of benzene rings is 4. The first-order valence-corrected chi connectivity index (χ1v) is 14.5. The van der Waals surface area contributed by atoms with Crippen LogP contribution in [0.5, 0.6) is 0 Å². The van der Waals surface area contributed by atoms with E-state index in [-0.39, 0.29) is 13.2 Å². The minimum Gasteiger partial charge on any atom is -0.456 e. The molecule has 4 rings (SSSR count). The first-order chi connectivity index (χ1) is 19.5. The number of hydrogen-bond donors (Lipinski definition) is 0. The van der Waals surface area contributed by atoms with E-state index in [0.29, 0.717) is 24.1 Å². The van der Waals surface area contributed by atoms with Gasteiger partial charge in [0.2, 0.25) is 0 Å². The van der Waals surface area contributed by atoms with Gasteiger partial charge < -0.3 is 9.22 Å². The molecule has 0 atom stereocenters. The number of carbonyl (C=O) groups excluding carboxylic acids is 1. The van der Waals surface area contributed by atoms with E-state index in [0.717, 1.165) is 44.8 Å². The summed E-state index contributed by atoms with van der Waals surface area (Å²) in [6, 6.07) is 18.5. The summed E-state index contributed by atoms with van der Waals surface area (Å²) in [6.45, 7) is 6.46. The van der Waals surface area contributed by atoms with Crippen molar-refractivity contribution >= 4 is 48.3 Å². The third-order valence-electron chi connectivity index (χ3n) is 7.70. The predicted octanol–water partition coefficient (Wildman–Crippen LogP) is 7.06. The fourth-order valence-corrected chi connectivity index (χ4v) is 5.99. The van der Waals surface area contributed by atoms with Gasteiger partial charge in [0.05, 0.1) is 18.7 Å². The zero-order chi connectivity index (χ0) is 31.1. The Morgan fingerprint density at radius 2 is 1.43 bits per heavy atom. The van der Waals surface area contributed by atoms with Gasteiger partial charge >= 0.3 is 27.8 Å². The van der Waals surface area contributed by atoms with Crippen LogP contribution in [0.3, 0.4) is 0 Å². The van der Waals surface area contributed by atoms with Crippen molar-refractivity contribution in [2.24, 2.45) is 0 Å². The van der Waals surface area contributed by atoms with Gasteiger partial charge in [0.1, 0.15) is 19.7 Å². The second-order valence-electron chi connectivity index (χ2n) is 10.1. The number of nitrogens with zero attached hydrogens (tertiary/aromatic N) is 2. The maximum absolute atomic E-state index is 13.2. The second kappa shape index (κ2) is 11.3. The van der Waals surface area contributed by atoms with Gasteiger partial charge in [-0.1, -0.05) is 54.6 Å². The quantitative estimate of drug-likeness (QED) is 0.0479. The molecule has 0 bridgehead atoms. The molecule has 0 aliphatic heterocycles. The lowest BCUT2D eigenvalue weighted by Gasteiger charge is -2.37.